The highest BCUT2D eigenvalue weighted by Crippen LogP contribution is 2.27. The lowest BCUT2D eigenvalue weighted by molar-refractivity contribution is 0.285. The van der Waals surface area contributed by atoms with Crippen molar-refractivity contribution in [3.8, 4) is 0 Å². The standard InChI is InChI=1S/C14H18N4/c1-17-8-6-16-14(17)5-7-18-9-11-3-2-4-13(15)12(11)10-18/h2-4,6,8H,5,7,9-10,15H2,1H3. The first-order valence-corrected chi connectivity index (χ1v) is 6.29. The van der Waals surface area contributed by atoms with Crippen molar-refractivity contribution in [2.24, 2.45) is 7.05 Å². The highest BCUT2D eigenvalue weighted by molar-refractivity contribution is 5.52. The van der Waals surface area contributed by atoms with Crippen LogP contribution in [0.3, 0.4) is 0 Å². The van der Waals surface area contributed by atoms with Crippen LogP contribution in [-0.2, 0) is 26.6 Å². The summed E-state index contributed by atoms with van der Waals surface area (Å²) < 4.78 is 2.08. The number of anilines is 1. The van der Waals surface area contributed by atoms with Crippen molar-refractivity contribution in [3.63, 3.8) is 0 Å². The second kappa shape index (κ2) is 4.46. The van der Waals surface area contributed by atoms with Crippen molar-refractivity contribution in [1.29, 1.82) is 0 Å². The SMILES string of the molecule is Cn1ccnc1CCN1Cc2cccc(N)c2C1. The van der Waals surface area contributed by atoms with Gasteiger partial charge in [-0.05, 0) is 17.2 Å². The van der Waals surface area contributed by atoms with Gasteiger partial charge in [-0.3, -0.25) is 4.90 Å². The van der Waals surface area contributed by atoms with E-state index >= 15 is 0 Å². The third kappa shape index (κ3) is 1.99. The van der Waals surface area contributed by atoms with Crippen LogP contribution in [0, 0.1) is 0 Å². The fraction of sp³-hybridized carbons (Fsp3) is 0.357. The Bertz CT molecular complexity index is 559. The van der Waals surface area contributed by atoms with E-state index in [1.54, 1.807) is 0 Å². The van der Waals surface area contributed by atoms with Crippen LogP contribution < -0.4 is 5.73 Å². The number of hydrogen-bond donors (Lipinski definition) is 1. The molecule has 0 unspecified atom stereocenters. The molecule has 0 spiro atoms. The predicted molar refractivity (Wildman–Crippen MR) is 71.9 cm³/mol. The van der Waals surface area contributed by atoms with Crippen LogP contribution in [-0.4, -0.2) is 21.0 Å². The minimum Gasteiger partial charge on any atom is -0.398 e. The van der Waals surface area contributed by atoms with Gasteiger partial charge in [0.15, 0.2) is 0 Å². The van der Waals surface area contributed by atoms with E-state index in [2.05, 4.69) is 20.5 Å². The summed E-state index contributed by atoms with van der Waals surface area (Å²) in [5.41, 5.74) is 9.60. The number of rotatable bonds is 3. The molecule has 2 N–H and O–H groups in total. The van der Waals surface area contributed by atoms with Gasteiger partial charge in [-0.15, -0.1) is 0 Å². The quantitative estimate of drug-likeness (QED) is 0.831. The summed E-state index contributed by atoms with van der Waals surface area (Å²) >= 11 is 0. The second-order valence-corrected chi connectivity index (χ2v) is 4.90. The molecule has 4 nitrogen and oxygen atoms in total. The monoisotopic (exact) mass is 242 g/mol. The van der Waals surface area contributed by atoms with Crippen molar-refractivity contribution in [3.05, 3.63) is 47.5 Å². The highest BCUT2D eigenvalue weighted by Gasteiger charge is 2.20. The number of aryl methyl sites for hydroxylation is 1. The molecule has 18 heavy (non-hydrogen) atoms. The predicted octanol–water partition coefficient (Wildman–Crippen LogP) is 1.56. The van der Waals surface area contributed by atoms with Crippen LogP contribution >= 0.6 is 0 Å². The maximum Gasteiger partial charge on any atom is 0.109 e. The molecular formula is C14H18N4. The molecule has 1 aromatic heterocycles. The largest absolute Gasteiger partial charge is 0.398 e. The van der Waals surface area contributed by atoms with E-state index in [4.69, 9.17) is 5.73 Å². The number of imidazole rings is 1. The van der Waals surface area contributed by atoms with Crippen molar-refractivity contribution < 1.29 is 0 Å². The van der Waals surface area contributed by atoms with Gasteiger partial charge in [0.2, 0.25) is 0 Å². The zero-order chi connectivity index (χ0) is 12.5. The van der Waals surface area contributed by atoms with Crippen LogP contribution in [0.2, 0.25) is 0 Å². The number of benzene rings is 1. The van der Waals surface area contributed by atoms with E-state index in [1.807, 2.05) is 31.6 Å². The summed E-state index contributed by atoms with van der Waals surface area (Å²) in [5, 5.41) is 0. The summed E-state index contributed by atoms with van der Waals surface area (Å²) in [6.07, 6.45) is 4.83. The van der Waals surface area contributed by atoms with Crippen LogP contribution in [0.5, 0.6) is 0 Å². The van der Waals surface area contributed by atoms with Gasteiger partial charge in [0.05, 0.1) is 0 Å². The zero-order valence-electron chi connectivity index (χ0n) is 10.6. The molecule has 4 heteroatoms. The van der Waals surface area contributed by atoms with Gasteiger partial charge in [0, 0.05) is 51.2 Å². The molecule has 1 aliphatic heterocycles. The molecule has 94 valence electrons. The molecule has 2 heterocycles. The Hall–Kier alpha value is -1.81. The third-order valence-electron chi connectivity index (χ3n) is 3.66. The summed E-state index contributed by atoms with van der Waals surface area (Å²) in [4.78, 5) is 6.78. The first kappa shape index (κ1) is 11.3. The number of fused-ring (bicyclic) bond motifs is 1. The summed E-state index contributed by atoms with van der Waals surface area (Å²) in [7, 11) is 2.04. The molecule has 0 radical (unpaired) electrons. The molecule has 0 bridgehead atoms. The lowest BCUT2D eigenvalue weighted by Gasteiger charge is -2.14. The summed E-state index contributed by atoms with van der Waals surface area (Å²) in [6.45, 7) is 3.00. The lowest BCUT2D eigenvalue weighted by atomic mass is 10.1. The van der Waals surface area contributed by atoms with E-state index in [-0.39, 0.29) is 0 Å². The Kier molecular flexibility index (Phi) is 2.80. The fourth-order valence-corrected chi connectivity index (χ4v) is 2.57. The van der Waals surface area contributed by atoms with E-state index in [0.29, 0.717) is 0 Å². The summed E-state index contributed by atoms with van der Waals surface area (Å²) in [6, 6.07) is 6.20. The van der Waals surface area contributed by atoms with E-state index < -0.39 is 0 Å². The molecule has 1 aliphatic rings. The Morgan fingerprint density at radius 1 is 1.33 bits per heavy atom. The molecule has 0 aliphatic carbocycles. The van der Waals surface area contributed by atoms with Gasteiger partial charge in [-0.2, -0.15) is 0 Å². The molecule has 0 fully saturated rings. The van der Waals surface area contributed by atoms with Crippen molar-refractivity contribution >= 4 is 5.69 Å². The number of aromatic nitrogens is 2. The maximum absolute atomic E-state index is 6.01. The average molecular weight is 242 g/mol. The van der Waals surface area contributed by atoms with Gasteiger partial charge in [0.1, 0.15) is 5.82 Å². The van der Waals surface area contributed by atoms with E-state index in [0.717, 1.165) is 37.6 Å². The number of nitrogens with two attached hydrogens (primary N) is 1. The Labute approximate surface area is 107 Å². The average Bonchev–Trinajstić information content (AvgIpc) is 2.93. The molecular weight excluding hydrogens is 224 g/mol. The maximum atomic E-state index is 6.01. The number of nitrogens with zero attached hydrogens (tertiary/aromatic N) is 3. The van der Waals surface area contributed by atoms with Gasteiger partial charge in [-0.1, -0.05) is 12.1 Å². The Morgan fingerprint density at radius 3 is 2.94 bits per heavy atom. The lowest BCUT2D eigenvalue weighted by Crippen LogP contribution is -2.20. The van der Waals surface area contributed by atoms with Crippen LogP contribution in [0.25, 0.3) is 0 Å². The van der Waals surface area contributed by atoms with E-state index in [1.165, 1.54) is 11.1 Å². The molecule has 3 rings (SSSR count). The van der Waals surface area contributed by atoms with Crippen LogP contribution in [0.1, 0.15) is 17.0 Å². The third-order valence-corrected chi connectivity index (χ3v) is 3.66. The molecule has 2 aromatic rings. The normalized spacial score (nSPS) is 14.9. The second-order valence-electron chi connectivity index (χ2n) is 4.90. The van der Waals surface area contributed by atoms with Gasteiger partial charge < -0.3 is 10.3 Å². The Balaban J connectivity index is 1.65. The molecule has 0 saturated heterocycles. The molecule has 0 atom stereocenters. The molecule has 1 aromatic carbocycles. The fourth-order valence-electron chi connectivity index (χ4n) is 2.57. The van der Waals surface area contributed by atoms with Crippen molar-refractivity contribution in [2.75, 3.05) is 12.3 Å². The first-order valence-electron chi connectivity index (χ1n) is 6.29. The van der Waals surface area contributed by atoms with Gasteiger partial charge in [0.25, 0.3) is 0 Å². The topological polar surface area (TPSA) is 47.1 Å². The number of hydrogen-bond acceptors (Lipinski definition) is 3. The van der Waals surface area contributed by atoms with Crippen LogP contribution in [0.4, 0.5) is 5.69 Å². The molecule has 0 saturated carbocycles. The minimum absolute atomic E-state index is 0.923. The summed E-state index contributed by atoms with van der Waals surface area (Å²) in [5.74, 6) is 1.14. The zero-order valence-corrected chi connectivity index (χ0v) is 10.6. The van der Waals surface area contributed by atoms with Gasteiger partial charge in [-0.25, -0.2) is 4.98 Å². The van der Waals surface area contributed by atoms with E-state index in [9.17, 15) is 0 Å². The minimum atomic E-state index is 0.923. The highest BCUT2D eigenvalue weighted by atomic mass is 15.1. The smallest absolute Gasteiger partial charge is 0.109 e. The van der Waals surface area contributed by atoms with Crippen molar-refractivity contribution in [2.45, 2.75) is 19.5 Å². The molecule has 0 amide bonds. The first-order chi connectivity index (χ1) is 8.74. The van der Waals surface area contributed by atoms with Gasteiger partial charge >= 0.3 is 0 Å². The van der Waals surface area contributed by atoms with Crippen LogP contribution in [0.15, 0.2) is 30.6 Å². The van der Waals surface area contributed by atoms with Crippen molar-refractivity contribution in [1.82, 2.24) is 14.5 Å². The Morgan fingerprint density at radius 2 is 2.22 bits per heavy atom. The number of nitrogen functional groups attached to an aromatic ring is 1.